The first-order valence-corrected chi connectivity index (χ1v) is 11.2. The Morgan fingerprint density at radius 3 is 2.56 bits per heavy atom. The van der Waals surface area contributed by atoms with E-state index in [2.05, 4.69) is 22.8 Å². The van der Waals surface area contributed by atoms with Crippen LogP contribution in [0.3, 0.4) is 0 Å². The van der Waals surface area contributed by atoms with Gasteiger partial charge in [0.25, 0.3) is 0 Å². The van der Waals surface area contributed by atoms with E-state index in [4.69, 9.17) is 17.0 Å². The van der Waals surface area contributed by atoms with Gasteiger partial charge in [0.2, 0.25) is 5.91 Å². The monoisotopic (exact) mass is 449 g/mol. The summed E-state index contributed by atoms with van der Waals surface area (Å²) in [7, 11) is 1.37. The molecular weight excluding hydrogens is 422 g/mol. The molecule has 2 N–H and O–H groups in total. The van der Waals surface area contributed by atoms with Crippen LogP contribution in [0.5, 0.6) is 0 Å². The number of hydrogen-bond acceptors (Lipinski definition) is 4. The summed E-state index contributed by atoms with van der Waals surface area (Å²) in [6.07, 6.45) is 0.856. The van der Waals surface area contributed by atoms with Crippen molar-refractivity contribution in [3.05, 3.63) is 77.0 Å². The molecular formula is C25H27N3O3S. The van der Waals surface area contributed by atoms with Crippen LogP contribution in [0, 0.1) is 5.92 Å². The molecule has 1 aliphatic carbocycles. The van der Waals surface area contributed by atoms with Crippen molar-refractivity contribution in [2.75, 3.05) is 19.0 Å². The van der Waals surface area contributed by atoms with Crippen molar-refractivity contribution < 1.29 is 14.3 Å². The van der Waals surface area contributed by atoms with Crippen LogP contribution in [0.4, 0.5) is 5.69 Å². The van der Waals surface area contributed by atoms with E-state index in [-0.39, 0.29) is 17.7 Å². The van der Waals surface area contributed by atoms with Crippen molar-refractivity contribution in [1.82, 2.24) is 10.2 Å². The van der Waals surface area contributed by atoms with Gasteiger partial charge in [-0.05, 0) is 61.7 Å². The van der Waals surface area contributed by atoms with Gasteiger partial charge in [0.1, 0.15) is 0 Å². The van der Waals surface area contributed by atoms with Gasteiger partial charge in [0, 0.05) is 23.8 Å². The molecule has 32 heavy (non-hydrogen) atoms. The standard InChI is InChI=1S/C25H27N3O3S/c1-4-28-15(2)21(24(30)31-3)22(27-25(28)32)17-11-8-12-18(13-17)26-23(29)20-14-19(20)16-9-6-5-7-10-16/h5-13,19-20,22H,4,14H2,1-3H3,(H,26,29)(H,27,32)/t19-,20-,22+/m0/s1. The number of nitrogens with one attached hydrogen (secondary N) is 2. The number of ether oxygens (including phenoxy) is 1. The Bertz CT molecular complexity index is 1080. The fourth-order valence-electron chi connectivity index (χ4n) is 4.37. The molecule has 2 aromatic carbocycles. The van der Waals surface area contributed by atoms with Crippen LogP contribution in [0.25, 0.3) is 0 Å². The zero-order chi connectivity index (χ0) is 22.8. The third-order valence-electron chi connectivity index (χ3n) is 6.16. The van der Waals surface area contributed by atoms with E-state index in [9.17, 15) is 9.59 Å². The summed E-state index contributed by atoms with van der Waals surface area (Å²) in [6, 6.07) is 17.2. The largest absolute Gasteiger partial charge is 0.466 e. The number of amides is 1. The first-order chi connectivity index (χ1) is 15.4. The Kier molecular flexibility index (Phi) is 6.28. The molecule has 1 aliphatic heterocycles. The van der Waals surface area contributed by atoms with E-state index in [0.717, 1.165) is 17.7 Å². The van der Waals surface area contributed by atoms with Gasteiger partial charge in [-0.25, -0.2) is 4.79 Å². The molecule has 2 aliphatic rings. The SMILES string of the molecule is CCN1C(=S)N[C@H](c2cccc(NC(=O)[C@H]3C[C@H]3c3ccccc3)c2)C(C(=O)OC)=C1C. The molecule has 0 saturated heterocycles. The van der Waals surface area contributed by atoms with Crippen LogP contribution < -0.4 is 10.6 Å². The Morgan fingerprint density at radius 2 is 1.88 bits per heavy atom. The minimum absolute atomic E-state index is 0.0141. The summed E-state index contributed by atoms with van der Waals surface area (Å²) < 4.78 is 5.05. The second-order valence-electron chi connectivity index (χ2n) is 8.09. The number of rotatable bonds is 6. The Morgan fingerprint density at radius 1 is 1.16 bits per heavy atom. The molecule has 1 fully saturated rings. The molecule has 166 valence electrons. The van der Waals surface area contributed by atoms with Crippen LogP contribution in [-0.4, -0.2) is 35.5 Å². The molecule has 1 saturated carbocycles. The van der Waals surface area contributed by atoms with E-state index in [0.29, 0.717) is 22.9 Å². The molecule has 0 aromatic heterocycles. The predicted molar refractivity (Wildman–Crippen MR) is 128 cm³/mol. The lowest BCUT2D eigenvalue weighted by atomic mass is 9.94. The lowest BCUT2D eigenvalue weighted by molar-refractivity contribution is -0.136. The molecule has 1 amide bonds. The zero-order valence-corrected chi connectivity index (χ0v) is 19.2. The van der Waals surface area contributed by atoms with Gasteiger partial charge >= 0.3 is 5.97 Å². The number of thiocarbonyl (C=S) groups is 1. The molecule has 2 aromatic rings. The smallest absolute Gasteiger partial charge is 0.337 e. The number of anilines is 1. The quantitative estimate of drug-likeness (QED) is 0.511. The number of esters is 1. The number of carbonyl (C=O) groups is 2. The lowest BCUT2D eigenvalue weighted by Crippen LogP contribution is -2.47. The molecule has 3 atom stereocenters. The normalized spacial score (nSPS) is 22.3. The maximum atomic E-state index is 12.8. The van der Waals surface area contributed by atoms with Gasteiger partial charge in [0.05, 0.1) is 18.7 Å². The second kappa shape index (κ2) is 9.12. The third-order valence-corrected chi connectivity index (χ3v) is 6.50. The predicted octanol–water partition coefficient (Wildman–Crippen LogP) is 4.13. The zero-order valence-electron chi connectivity index (χ0n) is 18.4. The van der Waals surface area contributed by atoms with Gasteiger partial charge in [-0.1, -0.05) is 42.5 Å². The van der Waals surface area contributed by atoms with Crippen molar-refractivity contribution in [1.29, 1.82) is 0 Å². The highest BCUT2D eigenvalue weighted by Gasteiger charge is 2.44. The molecule has 0 unspecified atom stereocenters. The van der Waals surface area contributed by atoms with Crippen molar-refractivity contribution >= 4 is 34.9 Å². The van der Waals surface area contributed by atoms with E-state index >= 15 is 0 Å². The molecule has 0 radical (unpaired) electrons. The fraction of sp³-hybridized carbons (Fsp3) is 0.320. The molecule has 1 heterocycles. The van der Waals surface area contributed by atoms with Crippen LogP contribution in [0.15, 0.2) is 65.9 Å². The highest BCUT2D eigenvalue weighted by Crippen LogP contribution is 2.48. The van der Waals surface area contributed by atoms with Crippen LogP contribution in [0.2, 0.25) is 0 Å². The van der Waals surface area contributed by atoms with Crippen molar-refractivity contribution in [2.24, 2.45) is 5.92 Å². The van der Waals surface area contributed by atoms with Crippen LogP contribution in [-0.2, 0) is 14.3 Å². The average molecular weight is 450 g/mol. The van der Waals surface area contributed by atoms with Gasteiger partial charge in [-0.15, -0.1) is 0 Å². The highest BCUT2D eigenvalue weighted by atomic mass is 32.1. The Balaban J connectivity index is 1.55. The lowest BCUT2D eigenvalue weighted by Gasteiger charge is -2.37. The Hall–Kier alpha value is -3.19. The summed E-state index contributed by atoms with van der Waals surface area (Å²) in [5.41, 5.74) is 4.00. The van der Waals surface area contributed by atoms with Crippen molar-refractivity contribution in [3.63, 3.8) is 0 Å². The number of allylic oxidation sites excluding steroid dienone is 1. The summed E-state index contributed by atoms with van der Waals surface area (Å²) in [5.74, 6) is -0.139. The number of carbonyl (C=O) groups excluding carboxylic acids is 2. The number of benzene rings is 2. The van der Waals surface area contributed by atoms with Gasteiger partial charge < -0.3 is 20.3 Å². The summed E-state index contributed by atoms with van der Waals surface area (Å²) in [6.45, 7) is 4.49. The Labute approximate surface area is 193 Å². The van der Waals surface area contributed by atoms with E-state index in [1.54, 1.807) is 0 Å². The first-order valence-electron chi connectivity index (χ1n) is 10.8. The summed E-state index contributed by atoms with van der Waals surface area (Å²) >= 11 is 5.52. The van der Waals surface area contributed by atoms with E-state index in [1.807, 2.05) is 61.2 Å². The van der Waals surface area contributed by atoms with Gasteiger partial charge in [-0.3, -0.25) is 4.79 Å². The summed E-state index contributed by atoms with van der Waals surface area (Å²) in [4.78, 5) is 27.3. The van der Waals surface area contributed by atoms with Crippen molar-refractivity contribution in [3.8, 4) is 0 Å². The van der Waals surface area contributed by atoms with Crippen LogP contribution >= 0.6 is 12.2 Å². The van der Waals surface area contributed by atoms with Crippen molar-refractivity contribution in [2.45, 2.75) is 32.2 Å². The minimum Gasteiger partial charge on any atom is -0.466 e. The number of methoxy groups -OCH3 is 1. The molecule has 0 bridgehead atoms. The average Bonchev–Trinajstić information content (AvgIpc) is 3.60. The van der Waals surface area contributed by atoms with E-state index < -0.39 is 12.0 Å². The first kappa shape index (κ1) is 22.0. The van der Waals surface area contributed by atoms with Gasteiger partial charge in [0.15, 0.2) is 5.11 Å². The molecule has 7 heteroatoms. The second-order valence-corrected chi connectivity index (χ2v) is 8.48. The fourth-order valence-corrected chi connectivity index (χ4v) is 4.75. The van der Waals surface area contributed by atoms with E-state index in [1.165, 1.54) is 12.7 Å². The minimum atomic E-state index is -0.451. The number of hydrogen-bond donors (Lipinski definition) is 2. The maximum Gasteiger partial charge on any atom is 0.337 e. The maximum absolute atomic E-state index is 12.8. The third kappa shape index (κ3) is 4.25. The van der Waals surface area contributed by atoms with Gasteiger partial charge in [-0.2, -0.15) is 0 Å². The number of nitrogens with zero attached hydrogens (tertiary/aromatic N) is 1. The summed E-state index contributed by atoms with van der Waals surface area (Å²) in [5, 5.41) is 6.86. The molecule has 4 rings (SSSR count). The molecule has 0 spiro atoms. The van der Waals surface area contributed by atoms with Crippen LogP contribution in [0.1, 0.15) is 43.4 Å². The topological polar surface area (TPSA) is 70.7 Å². The highest BCUT2D eigenvalue weighted by molar-refractivity contribution is 7.80. The molecule has 6 nitrogen and oxygen atoms in total.